The number of nitrogens with zero attached hydrogens (tertiary/aromatic N) is 1. The van der Waals surface area contributed by atoms with Gasteiger partial charge in [0.1, 0.15) is 10.6 Å². The van der Waals surface area contributed by atoms with Crippen molar-refractivity contribution in [3.63, 3.8) is 0 Å². The van der Waals surface area contributed by atoms with Crippen LogP contribution in [0.3, 0.4) is 0 Å². The normalized spacial score (nSPS) is 15.6. The highest BCUT2D eigenvalue weighted by molar-refractivity contribution is 7.99. The first-order chi connectivity index (χ1) is 14.3. The highest BCUT2D eigenvalue weighted by Crippen LogP contribution is 2.35. The molecule has 1 amide bonds. The van der Waals surface area contributed by atoms with E-state index in [-0.39, 0.29) is 10.6 Å². The van der Waals surface area contributed by atoms with Crippen molar-refractivity contribution in [1.82, 2.24) is 9.62 Å². The lowest BCUT2D eigenvalue weighted by molar-refractivity contribution is -0.123. The number of ether oxygens (including phenoxy) is 2. The Morgan fingerprint density at radius 1 is 1.00 bits per heavy atom. The summed E-state index contributed by atoms with van der Waals surface area (Å²) in [6.07, 6.45) is 0.570. The molecule has 0 saturated carbocycles. The minimum absolute atomic E-state index is 0.0223. The number of nitrogens with one attached hydrogen (secondary N) is 1. The predicted molar refractivity (Wildman–Crippen MR) is 116 cm³/mol. The molecule has 0 spiro atoms. The average molecular weight is 431 g/mol. The molecule has 2 aromatic rings. The van der Waals surface area contributed by atoms with Crippen molar-refractivity contribution < 1.29 is 22.7 Å². The van der Waals surface area contributed by atoms with Crippen molar-refractivity contribution in [2.45, 2.75) is 26.3 Å². The van der Waals surface area contributed by atoms with Crippen molar-refractivity contribution in [1.29, 1.82) is 0 Å². The zero-order chi connectivity index (χ0) is 21.9. The highest BCUT2D eigenvalue weighted by Gasteiger charge is 2.45. The lowest BCUT2D eigenvalue weighted by atomic mass is 10.1. The summed E-state index contributed by atoms with van der Waals surface area (Å²) in [6, 6.07) is 13.8. The SMILES string of the molecule is COc1ccc(CCNC2=C(c3ccccc3)S(=O)(=O)N(C(C)C)C2=O)cc1OC. The summed E-state index contributed by atoms with van der Waals surface area (Å²) in [5.41, 5.74) is 1.56. The number of sulfonamides is 1. The van der Waals surface area contributed by atoms with Gasteiger partial charge in [0.15, 0.2) is 11.5 Å². The number of hydrogen-bond acceptors (Lipinski definition) is 6. The second-order valence-corrected chi connectivity index (χ2v) is 8.89. The summed E-state index contributed by atoms with van der Waals surface area (Å²) in [7, 11) is -0.787. The number of benzene rings is 2. The minimum atomic E-state index is -3.93. The molecule has 0 unspecified atom stereocenters. The van der Waals surface area contributed by atoms with Gasteiger partial charge in [-0.05, 0) is 43.5 Å². The van der Waals surface area contributed by atoms with Crippen LogP contribution in [0.4, 0.5) is 0 Å². The molecule has 160 valence electrons. The first-order valence-corrected chi connectivity index (χ1v) is 11.1. The van der Waals surface area contributed by atoms with Gasteiger partial charge in [-0.1, -0.05) is 36.4 Å². The standard InChI is InChI=1S/C22H26N2O5S/c1-15(2)24-22(25)20(21(30(24,26)27)17-8-6-5-7-9-17)23-13-12-16-10-11-18(28-3)19(14-16)29-4/h5-11,14-15,23H,12-13H2,1-4H3. The van der Waals surface area contributed by atoms with Crippen LogP contribution >= 0.6 is 0 Å². The molecule has 7 nitrogen and oxygen atoms in total. The van der Waals surface area contributed by atoms with Gasteiger partial charge in [0.05, 0.1) is 14.2 Å². The monoisotopic (exact) mass is 430 g/mol. The molecule has 0 bridgehead atoms. The fourth-order valence-corrected chi connectivity index (χ4v) is 5.38. The fourth-order valence-electron chi connectivity index (χ4n) is 3.46. The molecule has 0 atom stereocenters. The summed E-state index contributed by atoms with van der Waals surface area (Å²) < 4.78 is 37.7. The van der Waals surface area contributed by atoms with Gasteiger partial charge in [-0.15, -0.1) is 0 Å². The first-order valence-electron chi connectivity index (χ1n) is 9.64. The lowest BCUT2D eigenvalue weighted by Gasteiger charge is -2.20. The van der Waals surface area contributed by atoms with Crippen molar-refractivity contribution in [2.24, 2.45) is 0 Å². The van der Waals surface area contributed by atoms with Gasteiger partial charge in [-0.2, -0.15) is 0 Å². The molecule has 0 fully saturated rings. The maximum Gasteiger partial charge on any atom is 0.285 e. The van der Waals surface area contributed by atoms with Crippen LogP contribution in [0.1, 0.15) is 25.0 Å². The number of rotatable bonds is 8. The molecule has 1 aliphatic heterocycles. The van der Waals surface area contributed by atoms with Crippen LogP contribution in [0.2, 0.25) is 0 Å². The molecule has 0 radical (unpaired) electrons. The molecule has 0 aromatic heterocycles. The van der Waals surface area contributed by atoms with E-state index in [2.05, 4.69) is 5.32 Å². The van der Waals surface area contributed by atoms with Gasteiger partial charge in [0, 0.05) is 12.6 Å². The quantitative estimate of drug-likeness (QED) is 0.693. The van der Waals surface area contributed by atoms with Gasteiger partial charge in [0.25, 0.3) is 15.9 Å². The molecule has 8 heteroatoms. The summed E-state index contributed by atoms with van der Waals surface area (Å²) in [6.45, 7) is 3.75. The largest absolute Gasteiger partial charge is 0.493 e. The van der Waals surface area contributed by atoms with E-state index in [0.717, 1.165) is 9.87 Å². The maximum atomic E-state index is 13.1. The Labute approximate surface area is 177 Å². The molecule has 2 aromatic carbocycles. The van der Waals surface area contributed by atoms with Crippen LogP contribution in [0, 0.1) is 0 Å². The van der Waals surface area contributed by atoms with Gasteiger partial charge < -0.3 is 14.8 Å². The second kappa shape index (κ2) is 8.79. The number of carbonyl (C=O) groups excluding carboxylic acids is 1. The van der Waals surface area contributed by atoms with E-state index >= 15 is 0 Å². The Morgan fingerprint density at radius 3 is 2.27 bits per heavy atom. The van der Waals surface area contributed by atoms with Crippen molar-refractivity contribution in [2.75, 3.05) is 20.8 Å². The zero-order valence-corrected chi connectivity index (χ0v) is 18.3. The smallest absolute Gasteiger partial charge is 0.285 e. The van der Waals surface area contributed by atoms with E-state index in [1.165, 1.54) is 0 Å². The lowest BCUT2D eigenvalue weighted by Crippen LogP contribution is -2.39. The zero-order valence-electron chi connectivity index (χ0n) is 17.5. The Morgan fingerprint density at radius 2 is 1.67 bits per heavy atom. The van der Waals surface area contributed by atoms with E-state index in [1.807, 2.05) is 18.2 Å². The Bertz CT molecular complexity index is 1060. The number of amides is 1. The third-order valence-corrected chi connectivity index (χ3v) is 6.89. The summed E-state index contributed by atoms with van der Waals surface area (Å²) in [5.74, 6) is 0.716. The first kappa shape index (κ1) is 21.7. The van der Waals surface area contributed by atoms with Crippen molar-refractivity contribution in [3.05, 3.63) is 65.4 Å². The molecular formula is C22H26N2O5S. The van der Waals surface area contributed by atoms with E-state index in [1.54, 1.807) is 58.4 Å². The number of methoxy groups -OCH3 is 2. The summed E-state index contributed by atoms with van der Waals surface area (Å²) in [4.78, 5) is 13.0. The van der Waals surface area contributed by atoms with Gasteiger partial charge in [-0.25, -0.2) is 12.7 Å². The van der Waals surface area contributed by atoms with Crippen LogP contribution in [0.15, 0.2) is 54.2 Å². The van der Waals surface area contributed by atoms with Gasteiger partial charge >= 0.3 is 0 Å². The van der Waals surface area contributed by atoms with E-state index in [4.69, 9.17) is 9.47 Å². The number of hydrogen-bond donors (Lipinski definition) is 1. The van der Waals surface area contributed by atoms with Crippen molar-refractivity contribution in [3.8, 4) is 11.5 Å². The van der Waals surface area contributed by atoms with E-state index < -0.39 is 22.0 Å². The molecular weight excluding hydrogens is 404 g/mol. The predicted octanol–water partition coefficient (Wildman–Crippen LogP) is 2.79. The second-order valence-electron chi connectivity index (χ2n) is 7.14. The van der Waals surface area contributed by atoms with Crippen LogP contribution in [0.5, 0.6) is 11.5 Å². The molecule has 1 heterocycles. The van der Waals surface area contributed by atoms with Crippen molar-refractivity contribution >= 4 is 20.8 Å². The maximum absolute atomic E-state index is 13.1. The Hall–Kier alpha value is -3.00. The number of carbonyl (C=O) groups is 1. The molecule has 1 aliphatic rings. The summed E-state index contributed by atoms with van der Waals surface area (Å²) >= 11 is 0. The van der Waals surface area contributed by atoms with Crippen LogP contribution < -0.4 is 14.8 Å². The molecule has 30 heavy (non-hydrogen) atoms. The van der Waals surface area contributed by atoms with Crippen LogP contribution in [-0.4, -0.2) is 45.4 Å². The molecule has 0 saturated heterocycles. The molecule has 0 aliphatic carbocycles. The fraction of sp³-hybridized carbons (Fsp3) is 0.318. The van der Waals surface area contributed by atoms with Gasteiger partial charge in [0.2, 0.25) is 0 Å². The average Bonchev–Trinajstić information content (AvgIpc) is 2.93. The van der Waals surface area contributed by atoms with E-state index in [9.17, 15) is 13.2 Å². The highest BCUT2D eigenvalue weighted by atomic mass is 32.2. The Balaban J connectivity index is 1.89. The summed E-state index contributed by atoms with van der Waals surface area (Å²) in [5, 5.41) is 3.07. The van der Waals surface area contributed by atoms with Gasteiger partial charge in [-0.3, -0.25) is 4.79 Å². The third-order valence-electron chi connectivity index (χ3n) is 4.83. The molecule has 3 rings (SSSR count). The van der Waals surface area contributed by atoms with E-state index in [0.29, 0.717) is 30.0 Å². The van der Waals surface area contributed by atoms with Crippen LogP contribution in [0.25, 0.3) is 4.91 Å². The van der Waals surface area contributed by atoms with Crippen LogP contribution in [-0.2, 0) is 21.2 Å². The third kappa shape index (κ3) is 4.00. The molecule has 1 N–H and O–H groups in total. The minimum Gasteiger partial charge on any atom is -0.493 e. The topological polar surface area (TPSA) is 84.9 Å². The Kier molecular flexibility index (Phi) is 6.36.